The molecule has 0 aromatic rings. The van der Waals surface area contributed by atoms with Gasteiger partial charge in [0, 0.05) is 6.54 Å². The normalized spacial score (nSPS) is 24.1. The van der Waals surface area contributed by atoms with Crippen molar-refractivity contribution in [3.63, 3.8) is 0 Å². The number of urea groups is 1. The third-order valence-electron chi connectivity index (χ3n) is 3.65. The summed E-state index contributed by atoms with van der Waals surface area (Å²) in [5.74, 6) is -2.99. The lowest BCUT2D eigenvalue weighted by molar-refractivity contribution is -0.219. The predicted octanol–water partition coefficient (Wildman–Crippen LogP) is -1.86. The Hall–Kier alpha value is -2.25. The molecule has 0 saturated carbocycles. The minimum Gasteiger partial charge on any atom is -0.477 e. The van der Waals surface area contributed by atoms with Crippen LogP contribution in [0.2, 0.25) is 0 Å². The van der Waals surface area contributed by atoms with Gasteiger partial charge in [0.15, 0.2) is 0 Å². The SMILES string of the molecule is CC1=C[C@@H]2CN(C(=O)N2O[C@@H](F)C(=O)O)[C@@H]1C(=O)NCCS(N)(=O)=O. The van der Waals surface area contributed by atoms with Crippen LogP contribution in [0.25, 0.3) is 0 Å². The number of carboxylic acid groups (broad SMARTS) is 1. The molecule has 1 fully saturated rings. The second-order valence-electron chi connectivity index (χ2n) is 5.56. The van der Waals surface area contributed by atoms with E-state index >= 15 is 0 Å². The predicted molar refractivity (Wildman–Crippen MR) is 79.9 cm³/mol. The molecule has 13 heteroatoms. The van der Waals surface area contributed by atoms with Crippen molar-refractivity contribution in [1.82, 2.24) is 15.3 Å². The standard InChI is InChI=1S/C12H17FN4O7S/c1-6-4-7-5-16(12(21)17(7)24-9(13)11(19)20)8(6)10(18)15-2-3-25(14,22)23/h4,7-9H,2-3,5H2,1H3,(H,15,18)(H,19,20)(H2,14,22,23)/t7-,8+,9-/m1/s1. The number of hydrogen-bond acceptors (Lipinski definition) is 6. The van der Waals surface area contributed by atoms with Crippen LogP contribution in [0, 0.1) is 0 Å². The van der Waals surface area contributed by atoms with Crippen LogP contribution < -0.4 is 10.5 Å². The molecule has 0 radical (unpaired) electrons. The lowest BCUT2D eigenvalue weighted by Crippen LogP contribution is -2.50. The Labute approximate surface area is 142 Å². The highest BCUT2D eigenvalue weighted by molar-refractivity contribution is 7.89. The number of aliphatic carboxylic acids is 1. The van der Waals surface area contributed by atoms with Crippen LogP contribution in [0.15, 0.2) is 11.6 Å². The third kappa shape index (κ3) is 4.24. The lowest BCUT2D eigenvalue weighted by Gasteiger charge is -2.29. The molecule has 4 N–H and O–H groups in total. The number of carbonyl (C=O) groups is 3. The zero-order valence-electron chi connectivity index (χ0n) is 13.1. The number of fused-ring (bicyclic) bond motifs is 2. The van der Waals surface area contributed by atoms with Crippen LogP contribution in [0.3, 0.4) is 0 Å². The van der Waals surface area contributed by atoms with Crippen molar-refractivity contribution < 1.29 is 37.1 Å². The Kier molecular flexibility index (Phi) is 5.29. The molecule has 3 atom stereocenters. The maximum absolute atomic E-state index is 13.2. The number of nitrogens with zero attached hydrogens (tertiary/aromatic N) is 2. The maximum Gasteiger partial charge on any atom is 0.368 e. The fraction of sp³-hybridized carbons (Fsp3) is 0.583. The van der Waals surface area contributed by atoms with Crippen molar-refractivity contribution in [3.8, 4) is 0 Å². The van der Waals surface area contributed by atoms with Crippen LogP contribution in [0.1, 0.15) is 6.92 Å². The van der Waals surface area contributed by atoms with Gasteiger partial charge in [-0.05, 0) is 12.5 Å². The Morgan fingerprint density at radius 3 is 2.76 bits per heavy atom. The van der Waals surface area contributed by atoms with Gasteiger partial charge in [0.1, 0.15) is 6.04 Å². The average Bonchev–Trinajstić information content (AvgIpc) is 2.71. The van der Waals surface area contributed by atoms with Crippen molar-refractivity contribution in [2.45, 2.75) is 25.4 Å². The fourth-order valence-electron chi connectivity index (χ4n) is 2.63. The van der Waals surface area contributed by atoms with Gasteiger partial charge in [-0.3, -0.25) is 4.79 Å². The maximum atomic E-state index is 13.2. The number of rotatable bonds is 7. The summed E-state index contributed by atoms with van der Waals surface area (Å²) >= 11 is 0. The highest BCUT2D eigenvalue weighted by atomic mass is 32.2. The first-order valence-corrected chi connectivity index (χ1v) is 8.83. The molecule has 2 bridgehead atoms. The van der Waals surface area contributed by atoms with Gasteiger partial charge in [0.2, 0.25) is 15.9 Å². The smallest absolute Gasteiger partial charge is 0.368 e. The molecule has 0 aromatic carbocycles. The van der Waals surface area contributed by atoms with Crippen molar-refractivity contribution in [3.05, 3.63) is 11.6 Å². The summed E-state index contributed by atoms with van der Waals surface area (Å²) in [7, 11) is -3.75. The molecule has 0 unspecified atom stereocenters. The van der Waals surface area contributed by atoms with Crippen molar-refractivity contribution in [1.29, 1.82) is 0 Å². The van der Waals surface area contributed by atoms with Gasteiger partial charge in [0.25, 0.3) is 0 Å². The van der Waals surface area contributed by atoms with Crippen LogP contribution in [0.4, 0.5) is 9.18 Å². The summed E-state index contributed by atoms with van der Waals surface area (Å²) < 4.78 is 35.0. The largest absolute Gasteiger partial charge is 0.477 e. The van der Waals surface area contributed by atoms with E-state index in [1.165, 1.54) is 6.08 Å². The van der Waals surface area contributed by atoms with E-state index in [2.05, 4.69) is 10.2 Å². The number of nitrogens with two attached hydrogens (primary N) is 1. The number of sulfonamides is 1. The van der Waals surface area contributed by atoms with E-state index in [-0.39, 0.29) is 13.1 Å². The zero-order valence-corrected chi connectivity index (χ0v) is 13.9. The lowest BCUT2D eigenvalue weighted by atomic mass is 10.00. The average molecular weight is 380 g/mol. The second-order valence-corrected chi connectivity index (χ2v) is 7.29. The minimum absolute atomic E-state index is 0.00418. The van der Waals surface area contributed by atoms with E-state index in [4.69, 9.17) is 10.2 Å². The van der Waals surface area contributed by atoms with E-state index in [0.29, 0.717) is 10.6 Å². The van der Waals surface area contributed by atoms with Crippen molar-refractivity contribution >= 4 is 27.9 Å². The number of carboxylic acids is 1. The van der Waals surface area contributed by atoms with Crippen LogP contribution in [-0.4, -0.2) is 78.7 Å². The van der Waals surface area contributed by atoms with E-state index < -0.39 is 52.1 Å². The first-order valence-electron chi connectivity index (χ1n) is 7.11. The third-order valence-corrected chi connectivity index (χ3v) is 4.43. The molecule has 0 aromatic heterocycles. The molecule has 2 aliphatic rings. The quantitative estimate of drug-likeness (QED) is 0.437. The van der Waals surface area contributed by atoms with Gasteiger partial charge in [-0.15, -0.1) is 0 Å². The number of carbonyl (C=O) groups excluding carboxylic acids is 2. The summed E-state index contributed by atoms with van der Waals surface area (Å²) in [6, 6.07) is -2.65. The number of amides is 3. The molecule has 2 aliphatic heterocycles. The van der Waals surface area contributed by atoms with Crippen LogP contribution >= 0.6 is 0 Å². The summed E-state index contributed by atoms with van der Waals surface area (Å²) in [6.07, 6.45) is -1.24. The first kappa shape index (κ1) is 19.1. The number of nitrogens with one attached hydrogen (secondary N) is 1. The molecule has 140 valence electrons. The zero-order chi connectivity index (χ0) is 18.9. The monoisotopic (exact) mass is 380 g/mol. The molecule has 2 rings (SSSR count). The highest BCUT2D eigenvalue weighted by Crippen LogP contribution is 2.30. The number of halogens is 1. The highest BCUT2D eigenvalue weighted by Gasteiger charge is 2.48. The van der Waals surface area contributed by atoms with E-state index in [1.54, 1.807) is 6.92 Å². The van der Waals surface area contributed by atoms with Crippen LogP contribution in [0.5, 0.6) is 0 Å². The van der Waals surface area contributed by atoms with Gasteiger partial charge in [-0.2, -0.15) is 5.06 Å². The number of hydrogen-bond donors (Lipinski definition) is 3. The molecular weight excluding hydrogens is 363 g/mol. The Morgan fingerprint density at radius 1 is 1.56 bits per heavy atom. The van der Waals surface area contributed by atoms with Gasteiger partial charge < -0.3 is 15.3 Å². The molecule has 11 nitrogen and oxygen atoms in total. The first-order chi connectivity index (χ1) is 11.5. The molecule has 0 aliphatic carbocycles. The van der Waals surface area contributed by atoms with Crippen molar-refractivity contribution in [2.24, 2.45) is 5.14 Å². The molecular formula is C12H17FN4O7S. The Balaban J connectivity index is 2.08. The number of primary sulfonamides is 1. The second kappa shape index (κ2) is 6.93. The molecule has 1 saturated heterocycles. The van der Waals surface area contributed by atoms with Gasteiger partial charge in [-0.1, -0.05) is 6.08 Å². The minimum atomic E-state index is -3.75. The summed E-state index contributed by atoms with van der Waals surface area (Å²) in [5, 5.41) is 16.3. The van der Waals surface area contributed by atoms with Gasteiger partial charge >= 0.3 is 18.4 Å². The van der Waals surface area contributed by atoms with Gasteiger partial charge in [-0.25, -0.2) is 32.4 Å². The molecule has 0 spiro atoms. The Bertz CT molecular complexity index is 725. The summed E-state index contributed by atoms with van der Waals surface area (Å²) in [5.41, 5.74) is 0.453. The molecule has 25 heavy (non-hydrogen) atoms. The van der Waals surface area contributed by atoms with E-state index in [9.17, 15) is 27.2 Å². The Morgan fingerprint density at radius 2 is 2.20 bits per heavy atom. The molecule has 3 amide bonds. The fourth-order valence-corrected chi connectivity index (χ4v) is 3.02. The summed E-state index contributed by atoms with van der Waals surface area (Å²) in [6.45, 7) is 1.32. The van der Waals surface area contributed by atoms with Gasteiger partial charge in [0.05, 0.1) is 18.3 Å². The van der Waals surface area contributed by atoms with E-state index in [1.807, 2.05) is 0 Å². The topological polar surface area (TPSA) is 159 Å². The molecule has 2 heterocycles. The number of hydroxylamine groups is 2. The van der Waals surface area contributed by atoms with E-state index in [0.717, 1.165) is 4.90 Å². The van der Waals surface area contributed by atoms with Crippen molar-refractivity contribution in [2.75, 3.05) is 18.8 Å². The number of alkyl halides is 1. The van der Waals surface area contributed by atoms with Crippen LogP contribution in [-0.2, 0) is 24.4 Å². The summed E-state index contributed by atoms with van der Waals surface area (Å²) in [4.78, 5) is 40.7.